The average molecular weight is 286 g/mol. The molecule has 2 amide bonds. The normalized spacial score (nSPS) is 14.7. The predicted molar refractivity (Wildman–Crippen MR) is 78.6 cm³/mol. The molecule has 2 N–H and O–H groups in total. The van der Waals surface area contributed by atoms with E-state index in [0.717, 1.165) is 12.0 Å². The second-order valence-corrected chi connectivity index (χ2v) is 4.79. The van der Waals surface area contributed by atoms with Gasteiger partial charge in [0, 0.05) is 30.6 Å². The van der Waals surface area contributed by atoms with Crippen LogP contribution in [0.15, 0.2) is 24.3 Å². The first kappa shape index (κ1) is 15.1. The van der Waals surface area contributed by atoms with Gasteiger partial charge in [-0.15, -0.1) is 0 Å². The first-order valence-electron chi connectivity index (χ1n) is 6.96. The van der Waals surface area contributed by atoms with Gasteiger partial charge in [0.15, 0.2) is 0 Å². The van der Waals surface area contributed by atoms with E-state index in [2.05, 4.69) is 17.2 Å². The first-order chi connectivity index (χ1) is 10.2. The molecule has 1 fully saturated rings. The summed E-state index contributed by atoms with van der Waals surface area (Å²) >= 11 is 0. The Hall–Kier alpha value is -2.32. The third kappa shape index (κ3) is 4.33. The second kappa shape index (κ2) is 7.46. The molecule has 0 unspecified atom stereocenters. The van der Waals surface area contributed by atoms with Gasteiger partial charge in [-0.3, -0.25) is 9.59 Å². The second-order valence-electron chi connectivity index (χ2n) is 4.79. The summed E-state index contributed by atoms with van der Waals surface area (Å²) < 4.78 is 0. The molecule has 1 aromatic carbocycles. The van der Waals surface area contributed by atoms with Crippen LogP contribution in [0.1, 0.15) is 28.8 Å². The van der Waals surface area contributed by atoms with Crippen molar-refractivity contribution in [2.75, 3.05) is 26.2 Å². The maximum absolute atomic E-state index is 12.4. The Kier molecular flexibility index (Phi) is 5.35. The van der Waals surface area contributed by atoms with Crippen LogP contribution >= 0.6 is 0 Å². The van der Waals surface area contributed by atoms with Gasteiger partial charge < -0.3 is 15.3 Å². The van der Waals surface area contributed by atoms with Crippen molar-refractivity contribution in [2.45, 2.75) is 12.8 Å². The SMILES string of the molecule is O=C1CN(C(=O)c2cccc(C#CCCO)c2)CCCN1. The molecule has 21 heavy (non-hydrogen) atoms. The number of aliphatic hydroxyl groups excluding tert-OH is 1. The van der Waals surface area contributed by atoms with E-state index in [1.165, 1.54) is 0 Å². The number of carbonyl (C=O) groups is 2. The molecule has 0 atom stereocenters. The van der Waals surface area contributed by atoms with Crippen molar-refractivity contribution in [2.24, 2.45) is 0 Å². The van der Waals surface area contributed by atoms with Crippen LogP contribution in [0, 0.1) is 11.8 Å². The van der Waals surface area contributed by atoms with Gasteiger partial charge in [0.1, 0.15) is 0 Å². The lowest BCUT2D eigenvalue weighted by atomic mass is 10.1. The Balaban J connectivity index is 2.13. The van der Waals surface area contributed by atoms with Crippen LogP contribution in [0.5, 0.6) is 0 Å². The minimum absolute atomic E-state index is 0.0223. The number of aliphatic hydroxyl groups is 1. The zero-order chi connectivity index (χ0) is 15.1. The highest BCUT2D eigenvalue weighted by molar-refractivity contribution is 5.97. The highest BCUT2D eigenvalue weighted by atomic mass is 16.2. The highest BCUT2D eigenvalue weighted by Crippen LogP contribution is 2.09. The largest absolute Gasteiger partial charge is 0.395 e. The number of benzene rings is 1. The molecular weight excluding hydrogens is 268 g/mol. The highest BCUT2D eigenvalue weighted by Gasteiger charge is 2.20. The topological polar surface area (TPSA) is 69.6 Å². The Labute approximate surface area is 124 Å². The smallest absolute Gasteiger partial charge is 0.254 e. The van der Waals surface area contributed by atoms with Crippen molar-refractivity contribution in [1.82, 2.24) is 10.2 Å². The third-order valence-electron chi connectivity index (χ3n) is 3.13. The molecule has 0 radical (unpaired) electrons. The molecule has 1 aromatic rings. The number of nitrogens with one attached hydrogen (secondary N) is 1. The summed E-state index contributed by atoms with van der Waals surface area (Å²) in [5.41, 5.74) is 1.26. The van der Waals surface area contributed by atoms with Crippen LogP contribution in [-0.2, 0) is 4.79 Å². The summed E-state index contributed by atoms with van der Waals surface area (Å²) in [6.07, 6.45) is 1.16. The van der Waals surface area contributed by atoms with E-state index in [1.54, 1.807) is 23.1 Å². The number of rotatable bonds is 2. The molecule has 0 saturated carbocycles. The lowest BCUT2D eigenvalue weighted by molar-refractivity contribution is -0.121. The minimum Gasteiger partial charge on any atom is -0.395 e. The van der Waals surface area contributed by atoms with Crippen molar-refractivity contribution in [3.8, 4) is 11.8 Å². The average Bonchev–Trinajstić information content (AvgIpc) is 2.72. The van der Waals surface area contributed by atoms with Crippen molar-refractivity contribution >= 4 is 11.8 Å². The molecule has 0 spiro atoms. The first-order valence-corrected chi connectivity index (χ1v) is 6.96. The molecule has 1 saturated heterocycles. The Bertz CT molecular complexity index is 587. The Morgan fingerprint density at radius 3 is 3.10 bits per heavy atom. The van der Waals surface area contributed by atoms with E-state index in [9.17, 15) is 9.59 Å². The molecule has 1 heterocycles. The minimum atomic E-state index is -0.155. The third-order valence-corrected chi connectivity index (χ3v) is 3.13. The monoisotopic (exact) mass is 286 g/mol. The van der Waals surface area contributed by atoms with Gasteiger partial charge in [-0.1, -0.05) is 17.9 Å². The van der Waals surface area contributed by atoms with Gasteiger partial charge in [-0.05, 0) is 24.6 Å². The van der Waals surface area contributed by atoms with Gasteiger partial charge in [0.2, 0.25) is 5.91 Å². The molecule has 5 heteroatoms. The number of amides is 2. The van der Waals surface area contributed by atoms with Gasteiger partial charge >= 0.3 is 0 Å². The van der Waals surface area contributed by atoms with Gasteiger partial charge in [-0.2, -0.15) is 0 Å². The van der Waals surface area contributed by atoms with Crippen molar-refractivity contribution in [3.63, 3.8) is 0 Å². The summed E-state index contributed by atoms with van der Waals surface area (Å²) in [7, 11) is 0. The van der Waals surface area contributed by atoms with Crippen molar-refractivity contribution < 1.29 is 14.7 Å². The van der Waals surface area contributed by atoms with Gasteiger partial charge in [-0.25, -0.2) is 0 Å². The van der Waals surface area contributed by atoms with Crippen LogP contribution in [-0.4, -0.2) is 48.1 Å². The van der Waals surface area contributed by atoms with Crippen LogP contribution in [0.3, 0.4) is 0 Å². The van der Waals surface area contributed by atoms with E-state index in [-0.39, 0.29) is 25.0 Å². The molecule has 0 aromatic heterocycles. The molecule has 1 aliphatic heterocycles. The molecule has 1 aliphatic rings. The van der Waals surface area contributed by atoms with E-state index in [4.69, 9.17) is 5.11 Å². The summed E-state index contributed by atoms with van der Waals surface area (Å²) in [5, 5.41) is 11.5. The molecule has 110 valence electrons. The van der Waals surface area contributed by atoms with Crippen molar-refractivity contribution in [3.05, 3.63) is 35.4 Å². The quantitative estimate of drug-likeness (QED) is 0.772. The zero-order valence-corrected chi connectivity index (χ0v) is 11.8. The van der Waals surface area contributed by atoms with E-state index >= 15 is 0 Å². The van der Waals surface area contributed by atoms with E-state index < -0.39 is 0 Å². The van der Waals surface area contributed by atoms with Crippen molar-refractivity contribution in [1.29, 1.82) is 0 Å². The van der Waals surface area contributed by atoms with Crippen LogP contribution in [0.25, 0.3) is 0 Å². The van der Waals surface area contributed by atoms with Gasteiger partial charge in [0.05, 0.1) is 13.2 Å². The molecule has 2 rings (SSSR count). The Morgan fingerprint density at radius 2 is 2.29 bits per heavy atom. The van der Waals surface area contributed by atoms with Crippen LogP contribution < -0.4 is 5.32 Å². The van der Waals surface area contributed by atoms with E-state index in [0.29, 0.717) is 25.1 Å². The number of carbonyl (C=O) groups excluding carboxylic acids is 2. The van der Waals surface area contributed by atoms with Crippen LogP contribution in [0.4, 0.5) is 0 Å². The number of hydrogen-bond acceptors (Lipinski definition) is 3. The zero-order valence-electron chi connectivity index (χ0n) is 11.8. The van der Waals surface area contributed by atoms with Crippen LogP contribution in [0.2, 0.25) is 0 Å². The molecule has 0 aliphatic carbocycles. The fourth-order valence-electron chi connectivity index (χ4n) is 2.11. The maximum atomic E-state index is 12.4. The maximum Gasteiger partial charge on any atom is 0.254 e. The number of hydrogen-bond donors (Lipinski definition) is 2. The van der Waals surface area contributed by atoms with Gasteiger partial charge in [0.25, 0.3) is 5.91 Å². The molecule has 0 bridgehead atoms. The summed E-state index contributed by atoms with van der Waals surface area (Å²) in [6.45, 7) is 1.29. The van der Waals surface area contributed by atoms with E-state index in [1.807, 2.05) is 6.07 Å². The lowest BCUT2D eigenvalue weighted by Gasteiger charge is -2.19. The molecular formula is C16H18N2O3. The number of nitrogens with zero attached hydrogens (tertiary/aromatic N) is 1. The predicted octanol–water partition coefficient (Wildman–Crippen LogP) is 0.383. The Morgan fingerprint density at radius 1 is 1.43 bits per heavy atom. The summed E-state index contributed by atoms with van der Waals surface area (Å²) in [4.78, 5) is 25.5. The fourth-order valence-corrected chi connectivity index (χ4v) is 2.11. The summed E-state index contributed by atoms with van der Waals surface area (Å²) in [6, 6.07) is 7.03. The fraction of sp³-hybridized carbons (Fsp3) is 0.375. The lowest BCUT2D eigenvalue weighted by Crippen LogP contribution is -2.37. The molecule has 5 nitrogen and oxygen atoms in total. The standard InChI is InChI=1S/C16H18N2O3/c19-10-2-1-5-13-6-3-7-14(11-13)16(21)18-9-4-8-17-15(20)12-18/h3,6-7,11,19H,2,4,8-10,12H2,(H,17,20). The summed E-state index contributed by atoms with van der Waals surface area (Å²) in [5.74, 6) is 5.45.